The molecule has 1 aliphatic heterocycles. The van der Waals surface area contributed by atoms with Crippen molar-refractivity contribution in [3.05, 3.63) is 42.2 Å². The summed E-state index contributed by atoms with van der Waals surface area (Å²) in [5.41, 5.74) is 8.95. The Balaban J connectivity index is 2.36. The number of allylic oxidation sites excluding steroid dienone is 1. The Morgan fingerprint density at radius 1 is 1.12 bits per heavy atom. The minimum atomic E-state index is -0.0581. The average Bonchev–Trinajstić information content (AvgIpc) is 2.94. The summed E-state index contributed by atoms with van der Waals surface area (Å²) in [7, 11) is 0. The number of aliphatic imine (C=N–C) groups is 1. The van der Waals surface area contributed by atoms with Crippen LogP contribution in [0.4, 0.5) is 11.4 Å². The summed E-state index contributed by atoms with van der Waals surface area (Å²) in [6.45, 7) is 4.85. The molecule has 0 spiro atoms. The first-order valence-corrected chi connectivity index (χ1v) is 7.71. The van der Waals surface area contributed by atoms with Crippen LogP contribution in [0.5, 0.6) is 0 Å². The molecule has 130 valence electrons. The van der Waals surface area contributed by atoms with E-state index in [-0.39, 0.29) is 26.4 Å². The Kier molecular flexibility index (Phi) is 6.36. The molecule has 1 aromatic rings. The first kappa shape index (κ1) is 18.0. The maximum atomic E-state index is 9.19. The zero-order valence-corrected chi connectivity index (χ0v) is 13.5. The van der Waals surface area contributed by atoms with Gasteiger partial charge in [0.25, 0.3) is 0 Å². The molecule has 2 rings (SSSR count). The van der Waals surface area contributed by atoms with Gasteiger partial charge in [-0.3, -0.25) is 0 Å². The van der Waals surface area contributed by atoms with Crippen LogP contribution in [-0.4, -0.2) is 60.7 Å². The molecule has 0 aromatic heterocycles. The van der Waals surface area contributed by atoms with E-state index in [1.807, 2.05) is 17.0 Å². The molecular weight excluding hydrogens is 310 g/mol. The molecule has 5 N–H and O–H groups in total. The van der Waals surface area contributed by atoms with Crippen LogP contribution in [-0.2, 0) is 4.74 Å². The highest BCUT2D eigenvalue weighted by Gasteiger charge is 2.21. The van der Waals surface area contributed by atoms with Crippen LogP contribution in [0.3, 0.4) is 0 Å². The number of benzene rings is 1. The van der Waals surface area contributed by atoms with Gasteiger partial charge in [0.15, 0.2) is 0 Å². The van der Waals surface area contributed by atoms with Crippen LogP contribution in [0, 0.1) is 0 Å². The van der Waals surface area contributed by atoms with Crippen molar-refractivity contribution in [3.8, 4) is 0 Å². The fraction of sp³-hybridized carbons (Fsp3) is 0.353. The minimum absolute atomic E-state index is 0.0177. The topological polar surface area (TPSA) is 112 Å². The van der Waals surface area contributed by atoms with Crippen molar-refractivity contribution in [2.45, 2.75) is 0 Å². The van der Waals surface area contributed by atoms with Crippen LogP contribution < -0.4 is 10.6 Å². The zero-order chi connectivity index (χ0) is 17.5. The lowest BCUT2D eigenvalue weighted by Crippen LogP contribution is -2.29. The number of hydrogen-bond donors (Lipinski definition) is 4. The van der Waals surface area contributed by atoms with Gasteiger partial charge in [-0.2, -0.15) is 0 Å². The summed E-state index contributed by atoms with van der Waals surface area (Å²) in [6, 6.07) is 5.48. The Morgan fingerprint density at radius 3 is 2.46 bits per heavy atom. The number of nitrogen functional groups attached to an aromatic ring is 1. The molecule has 0 saturated carbocycles. The van der Waals surface area contributed by atoms with Crippen molar-refractivity contribution < 1.29 is 20.1 Å². The molecule has 0 fully saturated rings. The lowest BCUT2D eigenvalue weighted by atomic mass is 10.0. The number of aliphatic hydroxyl groups is 3. The number of nitrogens with zero attached hydrogens (tertiary/aromatic N) is 2. The Labute approximate surface area is 141 Å². The number of rotatable bonds is 8. The number of aliphatic hydroxyl groups excluding tert-OH is 3. The van der Waals surface area contributed by atoms with E-state index in [1.165, 1.54) is 0 Å². The quantitative estimate of drug-likeness (QED) is 0.512. The average molecular weight is 333 g/mol. The number of anilines is 2. The summed E-state index contributed by atoms with van der Waals surface area (Å²) >= 11 is 0. The molecule has 0 unspecified atom stereocenters. The third kappa shape index (κ3) is 4.14. The largest absolute Gasteiger partial charge is 0.439 e. The first-order valence-electron chi connectivity index (χ1n) is 7.71. The molecule has 24 heavy (non-hydrogen) atoms. The van der Waals surface area contributed by atoms with Crippen LogP contribution >= 0.6 is 0 Å². The minimum Gasteiger partial charge on any atom is -0.439 e. The van der Waals surface area contributed by atoms with Crippen molar-refractivity contribution in [2.24, 2.45) is 4.99 Å². The monoisotopic (exact) mass is 333 g/mol. The highest BCUT2D eigenvalue weighted by molar-refractivity contribution is 6.06. The van der Waals surface area contributed by atoms with E-state index in [0.717, 1.165) is 16.8 Å². The second kappa shape index (κ2) is 8.49. The second-order valence-corrected chi connectivity index (χ2v) is 5.23. The summed E-state index contributed by atoms with van der Waals surface area (Å²) < 4.78 is 5.48. The molecule has 1 aliphatic rings. The van der Waals surface area contributed by atoms with E-state index in [2.05, 4.69) is 11.6 Å². The maximum Gasteiger partial charge on any atom is 0.215 e. The van der Waals surface area contributed by atoms with Crippen molar-refractivity contribution in [2.75, 3.05) is 50.1 Å². The van der Waals surface area contributed by atoms with Gasteiger partial charge < -0.3 is 30.7 Å². The van der Waals surface area contributed by atoms with Crippen molar-refractivity contribution in [1.29, 1.82) is 0 Å². The Morgan fingerprint density at radius 2 is 1.83 bits per heavy atom. The second-order valence-electron chi connectivity index (χ2n) is 5.23. The normalized spacial score (nSPS) is 15.5. The van der Waals surface area contributed by atoms with E-state index >= 15 is 0 Å². The zero-order valence-electron chi connectivity index (χ0n) is 13.5. The molecule has 0 aliphatic carbocycles. The van der Waals surface area contributed by atoms with Gasteiger partial charge >= 0.3 is 0 Å². The molecule has 7 nitrogen and oxygen atoms in total. The smallest absolute Gasteiger partial charge is 0.215 e. The number of nitrogens with two attached hydrogens (primary N) is 1. The fourth-order valence-electron chi connectivity index (χ4n) is 2.47. The summed E-state index contributed by atoms with van der Waals surface area (Å²) in [6.07, 6.45) is 1.73. The van der Waals surface area contributed by atoms with Gasteiger partial charge in [0.1, 0.15) is 5.76 Å². The molecule has 0 saturated heterocycles. The lowest BCUT2D eigenvalue weighted by Gasteiger charge is -2.24. The molecule has 0 amide bonds. The highest BCUT2D eigenvalue weighted by atomic mass is 16.5. The van der Waals surface area contributed by atoms with Crippen molar-refractivity contribution in [3.63, 3.8) is 0 Å². The SMILES string of the molecule is C=C1OC(=NCCO)C=C1c1cc(N(CCO)CCO)ccc1N. The van der Waals surface area contributed by atoms with E-state index in [1.54, 1.807) is 12.1 Å². The van der Waals surface area contributed by atoms with E-state index in [9.17, 15) is 10.2 Å². The third-order valence-electron chi connectivity index (χ3n) is 3.60. The van der Waals surface area contributed by atoms with Gasteiger partial charge in [0.2, 0.25) is 5.90 Å². The van der Waals surface area contributed by atoms with Gasteiger partial charge in [0, 0.05) is 41.7 Å². The maximum absolute atomic E-state index is 9.19. The summed E-state index contributed by atoms with van der Waals surface area (Å²) in [5, 5.41) is 27.2. The van der Waals surface area contributed by atoms with Gasteiger partial charge in [0.05, 0.1) is 26.4 Å². The van der Waals surface area contributed by atoms with Crippen molar-refractivity contribution >= 4 is 22.8 Å². The van der Waals surface area contributed by atoms with E-state index in [0.29, 0.717) is 30.4 Å². The van der Waals surface area contributed by atoms with Gasteiger partial charge in [-0.1, -0.05) is 6.58 Å². The van der Waals surface area contributed by atoms with E-state index < -0.39 is 0 Å². The lowest BCUT2D eigenvalue weighted by molar-refractivity contribution is 0.281. The molecular formula is C17H23N3O4. The predicted molar refractivity (Wildman–Crippen MR) is 94.8 cm³/mol. The third-order valence-corrected chi connectivity index (χ3v) is 3.60. The molecule has 1 aromatic carbocycles. The molecule has 1 heterocycles. The predicted octanol–water partition coefficient (Wildman–Crippen LogP) is 0.378. The van der Waals surface area contributed by atoms with Gasteiger partial charge in [-0.25, -0.2) is 4.99 Å². The molecule has 0 bridgehead atoms. The van der Waals surface area contributed by atoms with Gasteiger partial charge in [-0.15, -0.1) is 0 Å². The Bertz CT molecular complexity index is 649. The summed E-state index contributed by atoms with van der Waals surface area (Å²) in [5.74, 6) is 0.822. The molecule has 7 heteroatoms. The Hall–Kier alpha value is -2.35. The van der Waals surface area contributed by atoms with E-state index in [4.69, 9.17) is 15.6 Å². The fourth-order valence-corrected chi connectivity index (χ4v) is 2.47. The molecule has 0 atom stereocenters. The highest BCUT2D eigenvalue weighted by Crippen LogP contribution is 2.34. The standard InChI is InChI=1S/C17H23N3O4/c1-12-14(11-17(24-12)19-4-7-21)15-10-13(2-3-16(15)18)20(5-8-22)6-9-23/h2-3,10-11,21-23H,1,4-9,18H2. The molecule has 0 radical (unpaired) electrons. The number of hydrogen-bond acceptors (Lipinski definition) is 7. The van der Waals surface area contributed by atoms with Crippen LogP contribution in [0.2, 0.25) is 0 Å². The number of ether oxygens (including phenoxy) is 1. The van der Waals surface area contributed by atoms with Crippen LogP contribution in [0.15, 0.2) is 41.6 Å². The van der Waals surface area contributed by atoms with Crippen LogP contribution in [0.25, 0.3) is 5.57 Å². The summed E-state index contributed by atoms with van der Waals surface area (Å²) in [4.78, 5) is 5.97. The van der Waals surface area contributed by atoms with Crippen molar-refractivity contribution in [1.82, 2.24) is 0 Å². The van der Waals surface area contributed by atoms with Gasteiger partial charge in [-0.05, 0) is 18.2 Å². The first-order chi connectivity index (χ1) is 11.6. The van der Waals surface area contributed by atoms with Crippen LogP contribution in [0.1, 0.15) is 5.56 Å².